The van der Waals surface area contributed by atoms with Crippen LogP contribution in [0.15, 0.2) is 48.5 Å². The molecule has 4 rings (SSSR count). The molecule has 18 heavy (non-hydrogen) atoms. The second kappa shape index (κ2) is 3.44. The molecule has 0 amide bonds. The van der Waals surface area contributed by atoms with Crippen molar-refractivity contribution in [2.24, 2.45) is 0 Å². The molecule has 4 atom stereocenters. The van der Waals surface area contributed by atoms with Crippen LogP contribution in [0.1, 0.15) is 46.3 Å². The van der Waals surface area contributed by atoms with Crippen LogP contribution < -0.4 is 0 Å². The molecule has 0 saturated carbocycles. The van der Waals surface area contributed by atoms with Gasteiger partial charge in [0.1, 0.15) is 0 Å². The number of rotatable bonds is 0. The molecule has 90 valence electrons. The molecule has 0 bridgehead atoms. The first kappa shape index (κ1) is 10.3. The first-order valence-corrected chi connectivity index (χ1v) is 6.33. The van der Waals surface area contributed by atoms with Crippen molar-refractivity contribution in [3.05, 3.63) is 70.8 Å². The molecule has 0 saturated heterocycles. The summed E-state index contributed by atoms with van der Waals surface area (Å²) in [6.45, 7) is 0. The summed E-state index contributed by atoms with van der Waals surface area (Å²) in [4.78, 5) is 0. The summed E-state index contributed by atoms with van der Waals surface area (Å²) in [7, 11) is 0. The van der Waals surface area contributed by atoms with Crippen molar-refractivity contribution >= 4 is 0 Å². The number of aliphatic hydroxyl groups is 2. The van der Waals surface area contributed by atoms with Gasteiger partial charge in [0.05, 0.1) is 12.2 Å². The Morgan fingerprint density at radius 1 is 0.556 bits per heavy atom. The van der Waals surface area contributed by atoms with E-state index in [1.54, 1.807) is 0 Å². The molecule has 2 N–H and O–H groups in total. The molecule has 0 radical (unpaired) electrons. The summed E-state index contributed by atoms with van der Waals surface area (Å²) < 4.78 is 0. The average Bonchev–Trinajstić information content (AvgIpc) is 2.87. The number of hydrogen-bond donors (Lipinski definition) is 2. The summed E-state index contributed by atoms with van der Waals surface area (Å²) in [5, 5.41) is 21.0. The predicted octanol–water partition coefficient (Wildman–Crippen LogP) is 2.65. The van der Waals surface area contributed by atoms with E-state index in [-0.39, 0.29) is 11.8 Å². The average molecular weight is 238 g/mol. The fourth-order valence-corrected chi connectivity index (χ4v) is 3.67. The minimum Gasteiger partial charge on any atom is -0.388 e. The normalized spacial score (nSPS) is 31.9. The number of benzene rings is 2. The topological polar surface area (TPSA) is 40.5 Å². The molecule has 0 aliphatic heterocycles. The van der Waals surface area contributed by atoms with E-state index >= 15 is 0 Å². The van der Waals surface area contributed by atoms with Crippen molar-refractivity contribution in [2.45, 2.75) is 24.0 Å². The van der Waals surface area contributed by atoms with Crippen molar-refractivity contribution in [3.63, 3.8) is 0 Å². The Labute approximate surface area is 106 Å². The summed E-state index contributed by atoms with van der Waals surface area (Å²) in [5.41, 5.74) is 4.14. The highest BCUT2D eigenvalue weighted by Gasteiger charge is 2.49. The van der Waals surface area contributed by atoms with Gasteiger partial charge in [-0.15, -0.1) is 0 Å². The van der Waals surface area contributed by atoms with Gasteiger partial charge >= 0.3 is 0 Å². The maximum absolute atomic E-state index is 10.5. The molecule has 2 nitrogen and oxygen atoms in total. The van der Waals surface area contributed by atoms with Crippen LogP contribution in [0.2, 0.25) is 0 Å². The Morgan fingerprint density at radius 2 is 0.889 bits per heavy atom. The third-order valence-electron chi connectivity index (χ3n) is 4.41. The standard InChI is InChI=1S/C16H14O2/c17-15-11-7-3-1-5-9(11)13-14(15)10-6-2-4-8-12(10)16(13)18/h1-8,13-18H/t13-,14-,15-,16+/m1/s1. The molecular weight excluding hydrogens is 224 g/mol. The molecule has 2 aliphatic carbocycles. The SMILES string of the molecule is O[C@@H]1c2ccccc2[C@@H]2[C@H]1c1ccccc1[C@@H]2O. The van der Waals surface area contributed by atoms with Crippen LogP contribution in [-0.4, -0.2) is 10.2 Å². The fourth-order valence-electron chi connectivity index (χ4n) is 3.67. The Bertz CT molecular complexity index is 564. The van der Waals surface area contributed by atoms with Gasteiger partial charge in [0.15, 0.2) is 0 Å². The van der Waals surface area contributed by atoms with Gasteiger partial charge in [0, 0.05) is 11.8 Å². The van der Waals surface area contributed by atoms with Crippen LogP contribution in [0.25, 0.3) is 0 Å². The van der Waals surface area contributed by atoms with Crippen LogP contribution >= 0.6 is 0 Å². The molecule has 0 heterocycles. The zero-order chi connectivity index (χ0) is 12.3. The molecule has 0 aromatic heterocycles. The molecule has 2 heteroatoms. The van der Waals surface area contributed by atoms with Gasteiger partial charge in [-0.25, -0.2) is 0 Å². The number of hydrogen-bond acceptors (Lipinski definition) is 2. The third kappa shape index (κ3) is 1.10. The highest BCUT2D eigenvalue weighted by atomic mass is 16.3. The highest BCUT2D eigenvalue weighted by molar-refractivity contribution is 5.52. The first-order chi connectivity index (χ1) is 8.79. The van der Waals surface area contributed by atoms with Gasteiger partial charge in [0.25, 0.3) is 0 Å². The summed E-state index contributed by atoms with van der Waals surface area (Å²) in [6, 6.07) is 15.8. The summed E-state index contributed by atoms with van der Waals surface area (Å²) in [6.07, 6.45) is -0.992. The largest absolute Gasteiger partial charge is 0.388 e. The van der Waals surface area contributed by atoms with E-state index in [4.69, 9.17) is 0 Å². The van der Waals surface area contributed by atoms with E-state index in [1.165, 1.54) is 0 Å². The second-order valence-electron chi connectivity index (χ2n) is 5.20. The molecule has 2 aromatic carbocycles. The maximum atomic E-state index is 10.5. The van der Waals surface area contributed by atoms with Crippen LogP contribution in [0.3, 0.4) is 0 Å². The molecule has 2 aromatic rings. The quantitative estimate of drug-likeness (QED) is 0.740. The van der Waals surface area contributed by atoms with Gasteiger partial charge in [-0.2, -0.15) is 0 Å². The van der Waals surface area contributed by atoms with E-state index in [2.05, 4.69) is 0 Å². The predicted molar refractivity (Wildman–Crippen MR) is 68.3 cm³/mol. The molecule has 2 aliphatic rings. The van der Waals surface area contributed by atoms with Crippen LogP contribution in [0.5, 0.6) is 0 Å². The van der Waals surface area contributed by atoms with Crippen LogP contribution in [0.4, 0.5) is 0 Å². The number of fused-ring (bicyclic) bond motifs is 5. The van der Waals surface area contributed by atoms with E-state index in [0.717, 1.165) is 22.3 Å². The van der Waals surface area contributed by atoms with E-state index in [9.17, 15) is 10.2 Å². The van der Waals surface area contributed by atoms with Gasteiger partial charge in [-0.1, -0.05) is 48.5 Å². The van der Waals surface area contributed by atoms with Gasteiger partial charge in [-0.05, 0) is 22.3 Å². The van der Waals surface area contributed by atoms with Gasteiger partial charge in [-0.3, -0.25) is 0 Å². The summed E-state index contributed by atoms with van der Waals surface area (Å²) >= 11 is 0. The zero-order valence-electron chi connectivity index (χ0n) is 9.82. The lowest BCUT2D eigenvalue weighted by atomic mass is 9.91. The Kier molecular flexibility index (Phi) is 1.97. The zero-order valence-corrected chi connectivity index (χ0v) is 9.82. The molecule has 0 fully saturated rings. The van der Waals surface area contributed by atoms with Crippen molar-refractivity contribution in [3.8, 4) is 0 Å². The van der Waals surface area contributed by atoms with E-state index in [1.807, 2.05) is 48.5 Å². The summed E-state index contributed by atoms with van der Waals surface area (Å²) in [5.74, 6) is 0.0159. The minimum absolute atomic E-state index is 0.00796. The van der Waals surface area contributed by atoms with Crippen molar-refractivity contribution < 1.29 is 10.2 Å². The van der Waals surface area contributed by atoms with Crippen molar-refractivity contribution in [2.75, 3.05) is 0 Å². The van der Waals surface area contributed by atoms with Crippen LogP contribution in [-0.2, 0) is 0 Å². The van der Waals surface area contributed by atoms with Gasteiger partial charge in [0.2, 0.25) is 0 Å². The lowest BCUT2D eigenvalue weighted by Crippen LogP contribution is -2.07. The minimum atomic E-state index is -0.496. The molecule has 0 spiro atoms. The lowest BCUT2D eigenvalue weighted by Gasteiger charge is -2.16. The van der Waals surface area contributed by atoms with E-state index in [0.29, 0.717) is 0 Å². The first-order valence-electron chi connectivity index (χ1n) is 6.33. The Balaban J connectivity index is 1.95. The molecule has 0 unspecified atom stereocenters. The monoisotopic (exact) mass is 238 g/mol. The smallest absolute Gasteiger partial charge is 0.0868 e. The Morgan fingerprint density at radius 3 is 1.28 bits per heavy atom. The third-order valence-corrected chi connectivity index (χ3v) is 4.41. The van der Waals surface area contributed by atoms with E-state index < -0.39 is 12.2 Å². The van der Waals surface area contributed by atoms with Gasteiger partial charge < -0.3 is 10.2 Å². The fraction of sp³-hybridized carbons (Fsp3) is 0.250. The number of aliphatic hydroxyl groups excluding tert-OH is 2. The lowest BCUT2D eigenvalue weighted by molar-refractivity contribution is 0.110. The van der Waals surface area contributed by atoms with Crippen molar-refractivity contribution in [1.29, 1.82) is 0 Å². The van der Waals surface area contributed by atoms with Crippen molar-refractivity contribution in [1.82, 2.24) is 0 Å². The molecular formula is C16H14O2. The maximum Gasteiger partial charge on any atom is 0.0868 e. The highest BCUT2D eigenvalue weighted by Crippen LogP contribution is 2.61. The second-order valence-corrected chi connectivity index (χ2v) is 5.20. The Hall–Kier alpha value is -1.64. The van der Waals surface area contributed by atoms with Crippen LogP contribution in [0, 0.1) is 0 Å².